The maximum atomic E-state index is 12.4. The fourth-order valence-corrected chi connectivity index (χ4v) is 47.3. The minimum absolute atomic E-state index is 0. The summed E-state index contributed by atoms with van der Waals surface area (Å²) in [4.78, 5) is 92.7. The van der Waals surface area contributed by atoms with Crippen LogP contribution >= 0.6 is 11.1 Å². The van der Waals surface area contributed by atoms with E-state index in [1.165, 1.54) is 6.42 Å². The number of hydrogen-bond acceptors (Lipinski definition) is 18. The topological polar surface area (TPSA) is 288 Å². The Hall–Kier alpha value is -1.60. The lowest BCUT2D eigenvalue weighted by atomic mass is 10.1. The van der Waals surface area contributed by atoms with Gasteiger partial charge in [0.25, 0.3) is 7.63 Å². The third-order valence-electron chi connectivity index (χ3n) is 15.0. The Balaban J connectivity index is -0.000000484. The third kappa shape index (κ3) is 60.0. The van der Waals surface area contributed by atoms with E-state index < -0.39 is 67.1 Å². The van der Waals surface area contributed by atoms with Crippen LogP contribution in [-0.2, 0) is 76.9 Å². The lowest BCUT2D eigenvalue weighted by Crippen LogP contribution is -3.00. The normalized spacial score (nSPS) is 15.6. The van der Waals surface area contributed by atoms with Gasteiger partial charge in [0.15, 0.2) is 22.7 Å². The summed E-state index contributed by atoms with van der Waals surface area (Å²) in [5.41, 5.74) is 0. The molecule has 2 saturated heterocycles. The molecule has 5 N–H and O–H groups in total. The predicted molar refractivity (Wildman–Crippen MR) is 424 cm³/mol. The number of halogens is 2. The molecule has 2 atom stereocenters. The number of ether oxygens (including phenoxy) is 2. The van der Waals surface area contributed by atoms with E-state index in [1.54, 1.807) is 41.9 Å². The van der Waals surface area contributed by atoms with Gasteiger partial charge in [0.05, 0.1) is 64.8 Å². The average Bonchev–Trinajstić information content (AvgIpc) is 0.783. The maximum Gasteiger partial charge on any atom is 0.344 e. The summed E-state index contributed by atoms with van der Waals surface area (Å²) in [5, 5.41) is 21.6. The summed E-state index contributed by atoms with van der Waals surface area (Å²) in [6.07, 6.45) is 11.2. The van der Waals surface area contributed by atoms with Gasteiger partial charge >= 0.3 is 42.8 Å². The number of likely N-dealkylation sites (tertiary alicyclic amines) is 2. The molecule has 600 valence electrons. The number of amides is 4. The number of methoxy groups -OCH3 is 2. The van der Waals surface area contributed by atoms with Crippen LogP contribution < -0.4 is 33.7 Å². The molecule has 0 aromatic heterocycles. The SMILES string of the molecule is C.C.CC(=O)CCCCC(=O)NCC[N+]1(CCNC(=O)CCCCC(C)=O)CC(O)C1.CCC.COC[Si](C)(O[Si](C)(C)Cl)O[Si](C)(C)O[Si](C)(C)C.COC[Si](C)(O[Si](C)(C)OC1C[N+](CCNC(=O)CCCCC(C)=O)(CCNC(=O)CCCCC(C)=O)C1)O[Si](C)(C)O[Si](C)(C)C.[Cl-]. The Kier molecular flexibility index (Phi) is 56.9. The van der Waals surface area contributed by atoms with Crippen LogP contribution in [0.1, 0.15) is 166 Å². The molecule has 24 nitrogen and oxygen atoms in total. The molecule has 2 fully saturated rings. The number of aliphatic hydroxyl groups excluding tert-OH is 1. The summed E-state index contributed by atoms with van der Waals surface area (Å²) in [5.74, 6) is 0.559. The molecule has 0 spiro atoms. The largest absolute Gasteiger partial charge is 1.00 e. The first-order chi connectivity index (χ1) is 44.9. The molecule has 2 aliphatic heterocycles. The average molecular weight is 1620 g/mol. The number of quaternary nitrogens is 2. The maximum absolute atomic E-state index is 12.4. The Morgan fingerprint density at radius 3 is 0.871 bits per heavy atom. The molecular weight excluding hydrogens is 1470 g/mol. The molecule has 4 amide bonds. The van der Waals surface area contributed by atoms with Crippen molar-refractivity contribution in [1.29, 1.82) is 0 Å². The van der Waals surface area contributed by atoms with Crippen molar-refractivity contribution in [3.63, 3.8) is 0 Å². The molecule has 0 radical (unpaired) electrons. The van der Waals surface area contributed by atoms with Gasteiger partial charge in [0.1, 0.15) is 55.4 Å². The molecule has 2 unspecified atom stereocenters. The summed E-state index contributed by atoms with van der Waals surface area (Å²) >= 11 is 6.31. The molecule has 0 aromatic carbocycles. The fraction of sp³-hybridized carbons (Fsp3) is 0.881. The number of nitrogens with one attached hydrogen (secondary N) is 4. The van der Waals surface area contributed by atoms with E-state index in [0.29, 0.717) is 133 Å². The predicted octanol–water partition coefficient (Wildman–Crippen LogP) is 8.45. The zero-order valence-corrected chi connectivity index (χ0v) is 75.6. The van der Waals surface area contributed by atoms with Gasteiger partial charge in [-0.05, 0) is 184 Å². The number of carbonyl (C=O) groups is 8. The number of hydrogen-bond donors (Lipinski definition) is 5. The van der Waals surface area contributed by atoms with Gasteiger partial charge in [-0.15, -0.1) is 11.1 Å². The van der Waals surface area contributed by atoms with Crippen LogP contribution in [0.5, 0.6) is 0 Å². The highest BCUT2D eigenvalue weighted by Gasteiger charge is 2.52. The first-order valence-electron chi connectivity index (χ1n) is 35.9. The van der Waals surface area contributed by atoms with E-state index in [9.17, 15) is 43.5 Å². The minimum atomic E-state index is -2.78. The van der Waals surface area contributed by atoms with Gasteiger partial charge in [-0.1, -0.05) is 35.1 Å². The van der Waals surface area contributed by atoms with Gasteiger partial charge in [0, 0.05) is 65.6 Å². The van der Waals surface area contributed by atoms with Gasteiger partial charge < -0.3 is 106 Å². The summed E-state index contributed by atoms with van der Waals surface area (Å²) in [6.45, 7) is 51.6. The molecule has 0 saturated carbocycles. The number of ketones is 4. The molecule has 2 heterocycles. The van der Waals surface area contributed by atoms with E-state index in [1.807, 2.05) is 26.2 Å². The third-order valence-corrected chi connectivity index (χ3v) is 41.8. The minimum Gasteiger partial charge on any atom is -1.00 e. The van der Waals surface area contributed by atoms with Crippen LogP contribution in [-0.4, -0.2) is 245 Å². The molecule has 0 aromatic rings. The molecule has 2 rings (SSSR count). The standard InChI is InChI=1S/C31H65N3O9Si4.C21H37N3O5.C10H29ClO4Si4.C3H8.2CH4.ClH/c1-27(35)16-12-14-18-30(37)32-20-22-34(23-21-33-31(38)19-15-13-17-28(2)36)24-29(25-34)40-45(7,8)42-47(11,26-39-3)43-46(9,10)41-44(4,5)6;1-17(25)7-3-5-9-20(28)22-11-13-24(15-19(27)16-24)14-12-23-21(29)10-6-4-8-18(2)26;1-12-10-19(9,14-17(5,6)11)15-18(7,8)13-16(2,3)4;1-3-2;;;/h29H,12-26H2,1-11H3,(H-,32,33,37,38);19,27H,3-16H2,1-2H3,(H-,22,23,28,29);10H2,1-9H3;3H2,1-2H3;2*1H4;1H/p+1. The quantitative estimate of drug-likeness (QED) is 0.0165. The molecule has 0 aliphatic carbocycles. The van der Waals surface area contributed by atoms with Crippen LogP contribution in [0, 0.1) is 0 Å². The van der Waals surface area contributed by atoms with E-state index in [0.717, 1.165) is 69.4 Å². The van der Waals surface area contributed by atoms with Crippen molar-refractivity contribution < 1.29 is 103 Å². The highest BCUT2D eigenvalue weighted by atomic mass is 35.6. The van der Waals surface area contributed by atoms with Gasteiger partial charge in [-0.3, -0.25) is 19.2 Å². The van der Waals surface area contributed by atoms with Crippen molar-refractivity contribution in [2.75, 3.05) is 105 Å². The van der Waals surface area contributed by atoms with Crippen LogP contribution in [0.3, 0.4) is 0 Å². The number of unbranched alkanes of at least 4 members (excludes halogenated alkanes) is 4. The molecule has 2 aliphatic rings. The first-order valence-corrected chi connectivity index (χ1v) is 60.1. The van der Waals surface area contributed by atoms with Crippen molar-refractivity contribution in [3.8, 4) is 0 Å². The number of aliphatic hydroxyl groups is 1. The van der Waals surface area contributed by atoms with Crippen LogP contribution in [0.4, 0.5) is 0 Å². The lowest BCUT2D eigenvalue weighted by molar-refractivity contribution is -0.970. The smallest absolute Gasteiger partial charge is 0.344 e. The second-order valence-electron chi connectivity index (χ2n) is 31.0. The Morgan fingerprint density at radius 1 is 0.406 bits per heavy atom. The highest BCUT2D eigenvalue weighted by Crippen LogP contribution is 2.30. The Morgan fingerprint density at radius 2 is 0.644 bits per heavy atom. The summed E-state index contributed by atoms with van der Waals surface area (Å²) in [7, 11) is -14.9. The van der Waals surface area contributed by atoms with Crippen molar-refractivity contribution in [2.45, 2.75) is 283 Å². The Bertz CT molecular complexity index is 2280. The molecule has 34 heteroatoms. The number of carbonyl (C=O) groups excluding carboxylic acids is 8. The number of rotatable bonds is 50. The van der Waals surface area contributed by atoms with Crippen molar-refractivity contribution in [2.24, 2.45) is 0 Å². The lowest BCUT2D eigenvalue weighted by Gasteiger charge is -2.52. The van der Waals surface area contributed by atoms with Crippen molar-refractivity contribution in [3.05, 3.63) is 0 Å². The highest BCUT2D eigenvalue weighted by molar-refractivity contribution is 7.17. The number of Topliss-reactive ketones (excluding diaryl/α,β-unsaturated/α-hetero) is 4. The monoisotopic (exact) mass is 1620 g/mol. The zero-order valence-electron chi connectivity index (χ0n) is 66.1. The van der Waals surface area contributed by atoms with Crippen molar-refractivity contribution >= 4 is 125 Å². The van der Waals surface area contributed by atoms with Gasteiger partial charge in [-0.25, -0.2) is 0 Å². The van der Waals surface area contributed by atoms with Crippen LogP contribution in [0.15, 0.2) is 0 Å². The van der Waals surface area contributed by atoms with Gasteiger partial charge in [-0.2, -0.15) is 0 Å². The summed E-state index contributed by atoms with van der Waals surface area (Å²) in [6, 6.07) is 0. The van der Waals surface area contributed by atoms with E-state index in [4.69, 9.17) is 49.7 Å². The zero-order chi connectivity index (χ0) is 75.9. The first kappa shape index (κ1) is 108. The van der Waals surface area contributed by atoms with Crippen molar-refractivity contribution in [1.82, 2.24) is 21.3 Å². The van der Waals surface area contributed by atoms with E-state index in [-0.39, 0.29) is 86.2 Å². The van der Waals surface area contributed by atoms with Gasteiger partial charge in [0.2, 0.25) is 23.6 Å². The fourth-order valence-electron chi connectivity index (χ4n) is 12.1. The van der Waals surface area contributed by atoms with E-state index >= 15 is 0 Å². The van der Waals surface area contributed by atoms with Crippen LogP contribution in [0.25, 0.3) is 0 Å². The van der Waals surface area contributed by atoms with Crippen LogP contribution in [0.2, 0.25) is 105 Å². The Labute approximate surface area is 633 Å². The second-order valence-corrected chi connectivity index (χ2v) is 63.5. The molecule has 101 heavy (non-hydrogen) atoms. The molecular formula is C67H149Cl2N6O18Si8+. The van der Waals surface area contributed by atoms with E-state index in [2.05, 4.69) is 114 Å². The molecule has 0 bridgehead atoms. The summed E-state index contributed by atoms with van der Waals surface area (Å²) < 4.78 is 57.4. The number of nitrogens with zero attached hydrogens (tertiary/aromatic N) is 2. The second kappa shape index (κ2) is 53.2.